The molecule has 21 heavy (non-hydrogen) atoms. The van der Waals surface area contributed by atoms with Crippen molar-refractivity contribution in [2.24, 2.45) is 0 Å². The third kappa shape index (κ3) is 4.43. The topological polar surface area (TPSA) is 68.3 Å². The predicted octanol–water partition coefficient (Wildman–Crippen LogP) is 3.61. The summed E-state index contributed by atoms with van der Waals surface area (Å²) >= 11 is 0. The van der Waals surface area contributed by atoms with Crippen molar-refractivity contribution >= 4 is 5.69 Å². The maximum absolute atomic E-state index is 10.9. The number of hydrogen-bond acceptors (Lipinski definition) is 4. The summed E-state index contributed by atoms with van der Waals surface area (Å²) in [5, 5.41) is 14.3. The quantitative estimate of drug-likeness (QED) is 0.624. The first kappa shape index (κ1) is 15.3. The molecule has 112 valence electrons. The number of hydrogen-bond donors (Lipinski definition) is 1. The van der Waals surface area contributed by atoms with Gasteiger partial charge in [-0.3, -0.25) is 10.1 Å². The first-order valence-corrected chi connectivity index (χ1v) is 7.06. The molecule has 1 N–H and O–H groups in total. The molecule has 0 amide bonds. The highest BCUT2D eigenvalue weighted by Gasteiger charge is 2.11. The Hall–Kier alpha value is -2.14. The lowest BCUT2D eigenvalue weighted by atomic mass is 10.1. The van der Waals surface area contributed by atoms with Crippen LogP contribution in [0.3, 0.4) is 0 Å². The van der Waals surface area contributed by atoms with Gasteiger partial charge in [0.05, 0.1) is 11.2 Å². The zero-order valence-electron chi connectivity index (χ0n) is 12.3. The van der Waals surface area contributed by atoms with Crippen LogP contribution in [0.2, 0.25) is 0 Å². The Balaban J connectivity index is 1.84. The van der Waals surface area contributed by atoms with Crippen molar-refractivity contribution in [3.05, 3.63) is 63.6 Å². The molecule has 0 saturated carbocycles. The van der Waals surface area contributed by atoms with E-state index in [0.29, 0.717) is 18.2 Å². The lowest BCUT2D eigenvalue weighted by molar-refractivity contribution is -0.385. The van der Waals surface area contributed by atoms with Crippen LogP contribution < -0.4 is 5.32 Å². The smallest absolute Gasteiger partial charge is 0.272 e. The van der Waals surface area contributed by atoms with Crippen molar-refractivity contribution < 1.29 is 9.34 Å². The molecule has 0 bridgehead atoms. The molecule has 1 atom stereocenters. The third-order valence-electron chi connectivity index (χ3n) is 3.53. The fourth-order valence-corrected chi connectivity index (χ4v) is 2.17. The summed E-state index contributed by atoms with van der Waals surface area (Å²) in [5.74, 6) is 0.981. The van der Waals surface area contributed by atoms with E-state index in [1.54, 1.807) is 25.3 Å². The molecule has 1 heterocycles. The van der Waals surface area contributed by atoms with Crippen LogP contribution in [0, 0.1) is 17.0 Å². The highest BCUT2D eigenvalue weighted by atomic mass is 16.6. The Bertz CT molecular complexity index is 594. The van der Waals surface area contributed by atoms with Gasteiger partial charge >= 0.3 is 0 Å². The molecule has 2 aromatic rings. The largest absolute Gasteiger partial charge is 0.469 e. The number of aryl methyl sites for hydroxylation is 2. The molecule has 0 radical (unpaired) electrons. The fourth-order valence-electron chi connectivity index (χ4n) is 2.17. The molecule has 0 aliphatic rings. The molecule has 0 fully saturated rings. The van der Waals surface area contributed by atoms with Crippen LogP contribution in [0.15, 0.2) is 41.0 Å². The summed E-state index contributed by atoms with van der Waals surface area (Å²) in [7, 11) is 0. The summed E-state index contributed by atoms with van der Waals surface area (Å²) < 4.78 is 5.30. The minimum absolute atomic E-state index is 0.178. The predicted molar refractivity (Wildman–Crippen MR) is 81.2 cm³/mol. The lowest BCUT2D eigenvalue weighted by Crippen LogP contribution is -2.25. The summed E-state index contributed by atoms with van der Waals surface area (Å²) in [6, 6.07) is 9.53. The van der Waals surface area contributed by atoms with Gasteiger partial charge in [0.15, 0.2) is 0 Å². The van der Waals surface area contributed by atoms with Crippen LogP contribution in [0.1, 0.15) is 30.2 Å². The van der Waals surface area contributed by atoms with Gasteiger partial charge in [0.1, 0.15) is 5.76 Å². The molecule has 0 saturated heterocycles. The van der Waals surface area contributed by atoms with Crippen molar-refractivity contribution in [3.63, 3.8) is 0 Å². The van der Waals surface area contributed by atoms with Crippen LogP contribution in [0.5, 0.6) is 0 Å². The number of nitrogens with one attached hydrogen (secondary N) is 1. The molecule has 1 aromatic carbocycles. The van der Waals surface area contributed by atoms with E-state index in [4.69, 9.17) is 4.42 Å². The van der Waals surface area contributed by atoms with E-state index in [-0.39, 0.29) is 10.6 Å². The van der Waals surface area contributed by atoms with Crippen LogP contribution in [0.25, 0.3) is 0 Å². The van der Waals surface area contributed by atoms with Gasteiger partial charge in [-0.05, 0) is 38.0 Å². The molecule has 0 spiro atoms. The second-order valence-electron chi connectivity index (χ2n) is 5.28. The van der Waals surface area contributed by atoms with Crippen molar-refractivity contribution in [3.8, 4) is 0 Å². The van der Waals surface area contributed by atoms with E-state index >= 15 is 0 Å². The van der Waals surface area contributed by atoms with Gasteiger partial charge in [0, 0.05) is 30.6 Å². The minimum Gasteiger partial charge on any atom is -0.469 e. The number of nitro benzene ring substituents is 1. The number of furan rings is 1. The maximum atomic E-state index is 10.9. The van der Waals surface area contributed by atoms with Gasteiger partial charge < -0.3 is 9.73 Å². The molecule has 5 nitrogen and oxygen atoms in total. The maximum Gasteiger partial charge on any atom is 0.272 e. The van der Waals surface area contributed by atoms with Gasteiger partial charge in [-0.15, -0.1) is 0 Å². The number of benzene rings is 1. The van der Waals surface area contributed by atoms with Crippen molar-refractivity contribution in [2.75, 3.05) is 0 Å². The Morgan fingerprint density at radius 3 is 2.86 bits per heavy atom. The standard InChI is InChI=1S/C16H20N2O3/c1-12-5-7-14(10-16(12)18(19)20)11-17-13(2)6-8-15-4-3-9-21-15/h3-5,7,9-10,13,17H,6,8,11H2,1-2H3. The molecular weight excluding hydrogens is 268 g/mol. The number of nitro groups is 1. The highest BCUT2D eigenvalue weighted by molar-refractivity contribution is 5.42. The van der Waals surface area contributed by atoms with Crippen LogP contribution in [0.4, 0.5) is 5.69 Å². The van der Waals surface area contributed by atoms with Crippen molar-refractivity contribution in [1.29, 1.82) is 0 Å². The molecular formula is C16H20N2O3. The second-order valence-corrected chi connectivity index (χ2v) is 5.28. The van der Waals surface area contributed by atoms with Crippen molar-refractivity contribution in [2.45, 2.75) is 39.3 Å². The Morgan fingerprint density at radius 2 is 2.19 bits per heavy atom. The van der Waals surface area contributed by atoms with Crippen LogP contribution in [-0.4, -0.2) is 11.0 Å². The normalized spacial score (nSPS) is 12.3. The Labute approximate surface area is 124 Å². The van der Waals surface area contributed by atoms with Gasteiger partial charge in [-0.2, -0.15) is 0 Å². The van der Waals surface area contributed by atoms with E-state index in [0.717, 1.165) is 24.2 Å². The zero-order valence-corrected chi connectivity index (χ0v) is 12.3. The molecule has 1 aromatic heterocycles. The van der Waals surface area contributed by atoms with Gasteiger partial charge in [0.2, 0.25) is 0 Å². The summed E-state index contributed by atoms with van der Waals surface area (Å²) in [6.45, 7) is 4.48. The summed E-state index contributed by atoms with van der Waals surface area (Å²) in [6.07, 6.45) is 3.52. The molecule has 5 heteroatoms. The van der Waals surface area contributed by atoms with E-state index in [2.05, 4.69) is 12.2 Å². The van der Waals surface area contributed by atoms with Gasteiger partial charge in [-0.25, -0.2) is 0 Å². The molecule has 2 rings (SSSR count). The van der Waals surface area contributed by atoms with E-state index < -0.39 is 0 Å². The zero-order chi connectivity index (χ0) is 15.2. The Morgan fingerprint density at radius 1 is 1.38 bits per heavy atom. The van der Waals surface area contributed by atoms with Crippen LogP contribution in [-0.2, 0) is 13.0 Å². The lowest BCUT2D eigenvalue weighted by Gasteiger charge is -2.13. The molecule has 0 aliphatic carbocycles. The summed E-state index contributed by atoms with van der Waals surface area (Å²) in [4.78, 5) is 10.6. The second kappa shape index (κ2) is 7.04. The summed E-state index contributed by atoms with van der Waals surface area (Å²) in [5.41, 5.74) is 1.80. The van der Waals surface area contributed by atoms with E-state index in [1.807, 2.05) is 18.2 Å². The van der Waals surface area contributed by atoms with Crippen molar-refractivity contribution in [1.82, 2.24) is 5.32 Å². The molecule has 0 aliphatic heterocycles. The third-order valence-corrected chi connectivity index (χ3v) is 3.53. The highest BCUT2D eigenvalue weighted by Crippen LogP contribution is 2.19. The van der Waals surface area contributed by atoms with Gasteiger partial charge in [0.25, 0.3) is 5.69 Å². The first-order valence-electron chi connectivity index (χ1n) is 7.06. The first-order chi connectivity index (χ1) is 10.1. The van der Waals surface area contributed by atoms with E-state index in [1.165, 1.54) is 0 Å². The Kier molecular flexibility index (Phi) is 5.11. The SMILES string of the molecule is Cc1ccc(CNC(C)CCc2ccco2)cc1[N+](=O)[O-]. The van der Waals surface area contributed by atoms with Crippen LogP contribution >= 0.6 is 0 Å². The fraction of sp³-hybridized carbons (Fsp3) is 0.375. The minimum atomic E-state index is -0.334. The molecule has 1 unspecified atom stereocenters. The monoisotopic (exact) mass is 288 g/mol. The average Bonchev–Trinajstić information content (AvgIpc) is 2.97. The van der Waals surface area contributed by atoms with Gasteiger partial charge in [-0.1, -0.05) is 12.1 Å². The number of rotatable bonds is 7. The van der Waals surface area contributed by atoms with E-state index in [9.17, 15) is 10.1 Å². The average molecular weight is 288 g/mol. The number of nitrogens with zero attached hydrogens (tertiary/aromatic N) is 1.